The van der Waals surface area contributed by atoms with Crippen LogP contribution in [0.4, 0.5) is 0 Å². The number of unbranched alkanes of at least 4 members (excludes halogenated alkanes) is 6. The van der Waals surface area contributed by atoms with Crippen molar-refractivity contribution in [3.63, 3.8) is 0 Å². The summed E-state index contributed by atoms with van der Waals surface area (Å²) in [4.78, 5) is 34.2. The lowest BCUT2D eigenvalue weighted by Gasteiger charge is -2.19. The zero-order valence-corrected chi connectivity index (χ0v) is 26.1. The number of carbonyl (C=O) groups excluding carboxylic acids is 2. The smallest absolute Gasteiger partial charge is 0.462 e. The summed E-state index contributed by atoms with van der Waals surface area (Å²) in [5.74, 6) is -0.901. The van der Waals surface area contributed by atoms with Gasteiger partial charge in [-0.1, -0.05) is 88.1 Å². The van der Waals surface area contributed by atoms with Crippen LogP contribution in [0.15, 0.2) is 48.6 Å². The molecule has 0 aromatic heterocycles. The highest BCUT2D eigenvalue weighted by molar-refractivity contribution is 7.47. The molecule has 0 fully saturated rings. The van der Waals surface area contributed by atoms with Gasteiger partial charge in [-0.05, 0) is 51.4 Å². The monoisotopic (exact) mass is 599 g/mol. The Hall–Kier alpha value is -2.03. The fraction of sp³-hybridized carbons (Fsp3) is 0.677. The van der Waals surface area contributed by atoms with Crippen molar-refractivity contribution in [1.29, 1.82) is 0 Å². The molecule has 0 amide bonds. The number of rotatable bonds is 27. The van der Waals surface area contributed by atoms with E-state index in [0.29, 0.717) is 6.42 Å². The van der Waals surface area contributed by atoms with E-state index in [9.17, 15) is 19.0 Å². The molecule has 0 saturated carbocycles. The minimum atomic E-state index is -4.37. The molecule has 0 aromatic carbocycles. The van der Waals surface area contributed by atoms with Crippen LogP contribution in [0.3, 0.4) is 0 Å². The van der Waals surface area contributed by atoms with Crippen molar-refractivity contribution in [3.8, 4) is 0 Å². The van der Waals surface area contributed by atoms with Gasteiger partial charge in [0.05, 0.1) is 13.2 Å². The van der Waals surface area contributed by atoms with Gasteiger partial charge in [0.15, 0.2) is 6.10 Å². The van der Waals surface area contributed by atoms with Crippen LogP contribution in [0.2, 0.25) is 0 Å². The Morgan fingerprint density at radius 2 is 1.34 bits per heavy atom. The molecule has 0 spiro atoms. The maximum Gasteiger partial charge on any atom is 0.472 e. The van der Waals surface area contributed by atoms with Crippen molar-refractivity contribution in [3.05, 3.63) is 48.6 Å². The Morgan fingerprint density at radius 3 is 1.98 bits per heavy atom. The molecule has 10 heteroatoms. The molecule has 0 rings (SSSR count). The number of nitrogens with two attached hydrogens (primary N) is 1. The molecule has 3 N–H and O–H groups in total. The number of carbonyl (C=O) groups is 2. The van der Waals surface area contributed by atoms with Gasteiger partial charge >= 0.3 is 19.8 Å². The van der Waals surface area contributed by atoms with Gasteiger partial charge in [0.2, 0.25) is 0 Å². The first-order chi connectivity index (χ1) is 19.8. The van der Waals surface area contributed by atoms with Crippen LogP contribution < -0.4 is 5.73 Å². The van der Waals surface area contributed by atoms with Crippen LogP contribution in [0.25, 0.3) is 0 Å². The average molecular weight is 600 g/mol. The lowest BCUT2D eigenvalue weighted by molar-refractivity contribution is -0.161. The number of phosphoric acid groups is 1. The Morgan fingerprint density at radius 1 is 0.756 bits per heavy atom. The van der Waals surface area contributed by atoms with Crippen LogP contribution in [-0.4, -0.2) is 49.3 Å². The number of hydrogen-bond acceptors (Lipinski definition) is 8. The molecule has 0 bridgehead atoms. The topological polar surface area (TPSA) is 134 Å². The lowest BCUT2D eigenvalue weighted by Crippen LogP contribution is -2.29. The van der Waals surface area contributed by atoms with Gasteiger partial charge < -0.3 is 20.1 Å². The molecule has 0 aliphatic heterocycles. The summed E-state index contributed by atoms with van der Waals surface area (Å²) in [7, 11) is -4.37. The molecule has 0 aliphatic rings. The van der Waals surface area contributed by atoms with E-state index in [4.69, 9.17) is 24.3 Å². The normalized spacial score (nSPS) is 14.3. The average Bonchev–Trinajstić information content (AvgIpc) is 2.95. The number of phosphoric ester groups is 1. The second-order valence-electron chi connectivity index (χ2n) is 9.59. The molecule has 0 aromatic rings. The van der Waals surface area contributed by atoms with Crippen molar-refractivity contribution >= 4 is 19.8 Å². The number of allylic oxidation sites excluding steroid dienone is 8. The fourth-order valence-corrected chi connectivity index (χ4v) is 4.27. The van der Waals surface area contributed by atoms with E-state index in [-0.39, 0.29) is 32.6 Å². The summed E-state index contributed by atoms with van der Waals surface area (Å²) >= 11 is 0. The molecule has 0 heterocycles. The third-order valence-electron chi connectivity index (χ3n) is 5.73. The quantitative estimate of drug-likeness (QED) is 0.0433. The summed E-state index contributed by atoms with van der Waals surface area (Å²) in [6.45, 7) is 3.41. The first-order valence-corrected chi connectivity index (χ1v) is 16.6. The highest BCUT2D eigenvalue weighted by atomic mass is 31.2. The van der Waals surface area contributed by atoms with Crippen molar-refractivity contribution in [2.45, 2.75) is 110 Å². The highest BCUT2D eigenvalue weighted by Crippen LogP contribution is 2.43. The maximum atomic E-state index is 12.4. The van der Waals surface area contributed by atoms with Crippen molar-refractivity contribution < 1.29 is 37.6 Å². The van der Waals surface area contributed by atoms with Crippen LogP contribution in [0, 0.1) is 0 Å². The van der Waals surface area contributed by atoms with Crippen molar-refractivity contribution in [2.75, 3.05) is 26.4 Å². The number of esters is 2. The minimum absolute atomic E-state index is 0.0447. The van der Waals surface area contributed by atoms with E-state index in [1.165, 1.54) is 0 Å². The van der Waals surface area contributed by atoms with Gasteiger partial charge in [0, 0.05) is 19.4 Å². The van der Waals surface area contributed by atoms with E-state index in [1.807, 2.05) is 0 Å². The molecule has 2 unspecified atom stereocenters. The van der Waals surface area contributed by atoms with Crippen LogP contribution in [0.5, 0.6) is 0 Å². The summed E-state index contributed by atoms with van der Waals surface area (Å²) in [5, 5.41) is 0. The summed E-state index contributed by atoms with van der Waals surface area (Å²) < 4.78 is 32.2. The largest absolute Gasteiger partial charge is 0.472 e. The zero-order valence-electron chi connectivity index (χ0n) is 25.3. The van der Waals surface area contributed by atoms with Gasteiger partial charge in [0.25, 0.3) is 0 Å². The first-order valence-electron chi connectivity index (χ1n) is 15.1. The van der Waals surface area contributed by atoms with E-state index in [1.54, 1.807) is 0 Å². The maximum absolute atomic E-state index is 12.4. The Bertz CT molecular complexity index is 825. The van der Waals surface area contributed by atoms with Crippen molar-refractivity contribution in [2.24, 2.45) is 5.73 Å². The third-order valence-corrected chi connectivity index (χ3v) is 6.71. The second kappa shape index (κ2) is 28.1. The molecule has 0 saturated heterocycles. The van der Waals surface area contributed by atoms with Gasteiger partial charge in [-0.2, -0.15) is 0 Å². The molecule has 0 radical (unpaired) electrons. The Balaban J connectivity index is 4.38. The number of hydrogen-bond donors (Lipinski definition) is 2. The van der Waals surface area contributed by atoms with E-state index >= 15 is 0 Å². The standard InChI is InChI=1S/C31H54NO8P/c1-3-5-7-9-10-11-12-13-14-15-16-17-18-20-22-24-31(34)40-29(28-39-41(35,36)38-26-25-32)27-37-30(33)23-21-19-8-6-4-2/h5,7,10-11,13-14,16-17,29H,3-4,6,8-9,12,15,18-28,32H2,1-2H3,(H,35,36)/b7-5-,11-10-,14-13-,17-16-. The van der Waals surface area contributed by atoms with Crippen LogP contribution in [0.1, 0.15) is 104 Å². The van der Waals surface area contributed by atoms with Gasteiger partial charge in [0.1, 0.15) is 6.61 Å². The van der Waals surface area contributed by atoms with Gasteiger partial charge in [-0.25, -0.2) is 4.57 Å². The molecular formula is C31H54NO8P. The number of ether oxygens (including phenoxy) is 2. The molecule has 41 heavy (non-hydrogen) atoms. The molecule has 0 aliphatic carbocycles. The van der Waals surface area contributed by atoms with E-state index in [2.05, 4.69) is 62.5 Å². The third kappa shape index (κ3) is 27.9. The zero-order chi connectivity index (χ0) is 30.4. The van der Waals surface area contributed by atoms with E-state index < -0.39 is 32.5 Å². The van der Waals surface area contributed by atoms with Gasteiger partial charge in [-0.15, -0.1) is 0 Å². The SMILES string of the molecule is CC/C=C\C/C=C\C/C=C\C/C=C\CCCCC(=O)OC(COC(=O)CCCCCCC)COP(=O)(O)OCCN. The molecule has 236 valence electrons. The first kappa shape index (κ1) is 39.0. The predicted molar refractivity (Wildman–Crippen MR) is 164 cm³/mol. The fourth-order valence-electron chi connectivity index (χ4n) is 3.50. The summed E-state index contributed by atoms with van der Waals surface area (Å²) in [6, 6.07) is 0. The van der Waals surface area contributed by atoms with Crippen LogP contribution >= 0.6 is 7.82 Å². The minimum Gasteiger partial charge on any atom is -0.462 e. The van der Waals surface area contributed by atoms with Gasteiger partial charge in [-0.3, -0.25) is 18.6 Å². The predicted octanol–water partition coefficient (Wildman–Crippen LogP) is 7.26. The molecule has 2 atom stereocenters. The van der Waals surface area contributed by atoms with Crippen LogP contribution in [-0.2, 0) is 32.7 Å². The Labute approximate surface area is 247 Å². The summed E-state index contributed by atoms with van der Waals surface area (Å²) in [6.07, 6.45) is 27.7. The molecule has 9 nitrogen and oxygen atoms in total. The van der Waals surface area contributed by atoms with E-state index in [0.717, 1.165) is 70.6 Å². The van der Waals surface area contributed by atoms with Crippen molar-refractivity contribution in [1.82, 2.24) is 0 Å². The summed E-state index contributed by atoms with van der Waals surface area (Å²) in [5.41, 5.74) is 5.28. The lowest BCUT2D eigenvalue weighted by atomic mass is 10.1. The second-order valence-corrected chi connectivity index (χ2v) is 11.0. The highest BCUT2D eigenvalue weighted by Gasteiger charge is 2.25. The molecular weight excluding hydrogens is 545 g/mol. The Kier molecular flexibility index (Phi) is 26.7.